The summed E-state index contributed by atoms with van der Waals surface area (Å²) in [6.07, 6.45) is -0.0385. The second kappa shape index (κ2) is 4.68. The van der Waals surface area contributed by atoms with E-state index in [0.29, 0.717) is 6.54 Å². The summed E-state index contributed by atoms with van der Waals surface area (Å²) in [6, 6.07) is -0.874. The highest BCUT2D eigenvalue weighted by molar-refractivity contribution is 5.86. The second-order valence-electron chi connectivity index (χ2n) is 2.17. The number of hydrogen-bond donors (Lipinski definition) is 3. The Morgan fingerprint density at radius 1 is 1.55 bits per heavy atom. The predicted octanol–water partition coefficient (Wildman–Crippen LogP) is -1.67. The van der Waals surface area contributed by atoms with Gasteiger partial charge in [0.15, 0.2) is 0 Å². The van der Waals surface area contributed by atoms with Crippen LogP contribution >= 0.6 is 0 Å². The van der Waals surface area contributed by atoms with E-state index in [1.807, 2.05) is 0 Å². The number of carbonyl (C=O) groups excluding carboxylic acids is 2. The molecule has 0 aromatic rings. The first-order valence-corrected chi connectivity index (χ1v) is 3.39. The number of amides is 2. The van der Waals surface area contributed by atoms with Crippen molar-refractivity contribution >= 4 is 11.8 Å². The Labute approximate surface area is 65.1 Å². The lowest BCUT2D eigenvalue weighted by Crippen LogP contribution is -2.40. The minimum atomic E-state index is -0.874. The van der Waals surface area contributed by atoms with Crippen LogP contribution in [0.4, 0.5) is 0 Å². The molecule has 1 unspecified atom stereocenters. The van der Waals surface area contributed by atoms with Crippen LogP contribution in [-0.2, 0) is 9.59 Å². The van der Waals surface area contributed by atoms with Crippen LogP contribution in [-0.4, -0.2) is 24.4 Å². The lowest BCUT2D eigenvalue weighted by atomic mass is 10.2. The fourth-order valence-electron chi connectivity index (χ4n) is 0.570. The van der Waals surface area contributed by atoms with Crippen LogP contribution in [0.5, 0.6) is 0 Å². The van der Waals surface area contributed by atoms with Crippen molar-refractivity contribution in [1.29, 1.82) is 0 Å². The first kappa shape index (κ1) is 9.90. The normalized spacial score (nSPS) is 12.2. The van der Waals surface area contributed by atoms with Crippen LogP contribution in [0.1, 0.15) is 13.3 Å². The van der Waals surface area contributed by atoms with Gasteiger partial charge in [-0.05, 0) is 6.92 Å². The largest absolute Gasteiger partial charge is 0.368 e. The number of nitrogens with two attached hydrogens (primary N) is 2. The molecule has 0 saturated heterocycles. The second-order valence-corrected chi connectivity index (χ2v) is 2.17. The first-order valence-electron chi connectivity index (χ1n) is 3.39. The Hall–Kier alpha value is -1.10. The van der Waals surface area contributed by atoms with Gasteiger partial charge in [-0.25, -0.2) is 0 Å². The standard InChI is InChI=1S/C6H13N3O2/c1-2-9-5(10)3-4(7)6(8)11/h4H,2-3,7H2,1H3,(H2,8,11)(H,9,10). The Bertz CT molecular complexity index is 158. The average Bonchev–Trinajstić information content (AvgIpc) is 1.87. The number of carbonyl (C=O) groups is 2. The van der Waals surface area contributed by atoms with Gasteiger partial charge < -0.3 is 16.8 Å². The number of nitrogens with one attached hydrogen (secondary N) is 1. The van der Waals surface area contributed by atoms with Crippen molar-refractivity contribution in [3.05, 3.63) is 0 Å². The van der Waals surface area contributed by atoms with E-state index in [1.165, 1.54) is 0 Å². The molecule has 0 aliphatic heterocycles. The molecular formula is C6H13N3O2. The fourth-order valence-corrected chi connectivity index (χ4v) is 0.570. The molecule has 0 rings (SSSR count). The zero-order chi connectivity index (χ0) is 8.85. The van der Waals surface area contributed by atoms with Gasteiger partial charge >= 0.3 is 0 Å². The van der Waals surface area contributed by atoms with E-state index in [9.17, 15) is 9.59 Å². The third-order valence-electron chi connectivity index (χ3n) is 1.14. The molecule has 0 heterocycles. The van der Waals surface area contributed by atoms with E-state index in [0.717, 1.165) is 0 Å². The fraction of sp³-hybridized carbons (Fsp3) is 0.667. The van der Waals surface area contributed by atoms with Gasteiger partial charge in [0.2, 0.25) is 11.8 Å². The minimum absolute atomic E-state index is 0.0385. The quantitative estimate of drug-likeness (QED) is 0.457. The zero-order valence-corrected chi connectivity index (χ0v) is 6.46. The third kappa shape index (κ3) is 4.32. The van der Waals surface area contributed by atoms with Crippen molar-refractivity contribution in [3.63, 3.8) is 0 Å². The molecule has 0 bridgehead atoms. The van der Waals surface area contributed by atoms with Crippen molar-refractivity contribution in [1.82, 2.24) is 5.32 Å². The van der Waals surface area contributed by atoms with Crippen molar-refractivity contribution in [2.24, 2.45) is 11.5 Å². The maximum absolute atomic E-state index is 10.8. The Morgan fingerprint density at radius 2 is 2.09 bits per heavy atom. The van der Waals surface area contributed by atoms with Gasteiger partial charge in [0, 0.05) is 6.54 Å². The van der Waals surface area contributed by atoms with E-state index in [1.54, 1.807) is 6.92 Å². The van der Waals surface area contributed by atoms with Crippen LogP contribution < -0.4 is 16.8 Å². The lowest BCUT2D eigenvalue weighted by molar-refractivity contribution is -0.126. The van der Waals surface area contributed by atoms with Crippen LogP contribution in [0.3, 0.4) is 0 Å². The van der Waals surface area contributed by atoms with E-state index in [-0.39, 0.29) is 12.3 Å². The van der Waals surface area contributed by atoms with Gasteiger partial charge in [0.05, 0.1) is 12.5 Å². The monoisotopic (exact) mass is 159 g/mol. The summed E-state index contributed by atoms with van der Waals surface area (Å²) in [7, 11) is 0. The molecule has 0 aliphatic rings. The predicted molar refractivity (Wildman–Crippen MR) is 40.5 cm³/mol. The van der Waals surface area contributed by atoms with Crippen molar-refractivity contribution < 1.29 is 9.59 Å². The van der Waals surface area contributed by atoms with E-state index in [4.69, 9.17) is 11.5 Å². The van der Waals surface area contributed by atoms with Crippen LogP contribution in [0.25, 0.3) is 0 Å². The van der Waals surface area contributed by atoms with E-state index >= 15 is 0 Å². The van der Waals surface area contributed by atoms with Gasteiger partial charge in [-0.1, -0.05) is 0 Å². The van der Waals surface area contributed by atoms with Gasteiger partial charge in [-0.2, -0.15) is 0 Å². The lowest BCUT2D eigenvalue weighted by Gasteiger charge is -2.05. The topological polar surface area (TPSA) is 98.2 Å². The highest BCUT2D eigenvalue weighted by atomic mass is 16.2. The maximum Gasteiger partial charge on any atom is 0.234 e. The van der Waals surface area contributed by atoms with Crippen molar-refractivity contribution in [2.45, 2.75) is 19.4 Å². The smallest absolute Gasteiger partial charge is 0.234 e. The summed E-state index contributed by atoms with van der Waals surface area (Å²) in [5.74, 6) is -0.907. The summed E-state index contributed by atoms with van der Waals surface area (Å²) in [6.45, 7) is 2.32. The molecule has 5 N–H and O–H groups in total. The first-order chi connectivity index (χ1) is 5.07. The molecule has 0 aromatic carbocycles. The number of hydrogen-bond acceptors (Lipinski definition) is 3. The van der Waals surface area contributed by atoms with Crippen molar-refractivity contribution in [2.75, 3.05) is 6.54 Å². The Morgan fingerprint density at radius 3 is 2.45 bits per heavy atom. The zero-order valence-electron chi connectivity index (χ0n) is 6.46. The Balaban J connectivity index is 3.66. The van der Waals surface area contributed by atoms with Crippen molar-refractivity contribution in [3.8, 4) is 0 Å². The number of rotatable bonds is 4. The Kier molecular flexibility index (Phi) is 4.21. The van der Waals surface area contributed by atoms with Gasteiger partial charge in [0.25, 0.3) is 0 Å². The molecule has 5 nitrogen and oxygen atoms in total. The molecule has 11 heavy (non-hydrogen) atoms. The molecule has 0 aromatic heterocycles. The summed E-state index contributed by atoms with van der Waals surface area (Å²) in [4.78, 5) is 21.1. The van der Waals surface area contributed by atoms with Gasteiger partial charge in [-0.15, -0.1) is 0 Å². The summed E-state index contributed by atoms with van der Waals surface area (Å²) < 4.78 is 0. The van der Waals surface area contributed by atoms with E-state index < -0.39 is 11.9 Å². The van der Waals surface area contributed by atoms with E-state index in [2.05, 4.69) is 5.32 Å². The maximum atomic E-state index is 10.8. The van der Waals surface area contributed by atoms with Gasteiger partial charge in [0.1, 0.15) is 0 Å². The molecular weight excluding hydrogens is 146 g/mol. The van der Waals surface area contributed by atoms with Gasteiger partial charge in [-0.3, -0.25) is 9.59 Å². The SMILES string of the molecule is CCNC(=O)CC(N)C(N)=O. The molecule has 1 atom stereocenters. The third-order valence-corrected chi connectivity index (χ3v) is 1.14. The molecule has 0 spiro atoms. The molecule has 0 saturated carbocycles. The molecule has 5 heteroatoms. The number of primary amides is 1. The van der Waals surface area contributed by atoms with Crippen LogP contribution in [0.2, 0.25) is 0 Å². The molecule has 2 amide bonds. The summed E-state index contributed by atoms with van der Waals surface area (Å²) in [5, 5.41) is 2.50. The summed E-state index contributed by atoms with van der Waals surface area (Å²) in [5.41, 5.74) is 10.0. The molecule has 64 valence electrons. The molecule has 0 fully saturated rings. The highest BCUT2D eigenvalue weighted by Gasteiger charge is 2.12. The molecule has 0 radical (unpaired) electrons. The highest BCUT2D eigenvalue weighted by Crippen LogP contribution is 1.85. The van der Waals surface area contributed by atoms with Crippen LogP contribution in [0.15, 0.2) is 0 Å². The molecule has 0 aliphatic carbocycles. The summed E-state index contributed by atoms with van der Waals surface area (Å²) >= 11 is 0. The average molecular weight is 159 g/mol. The minimum Gasteiger partial charge on any atom is -0.368 e. The van der Waals surface area contributed by atoms with Crippen LogP contribution in [0, 0.1) is 0 Å².